The van der Waals surface area contributed by atoms with Crippen molar-refractivity contribution in [2.24, 2.45) is 5.92 Å². The number of aromatic nitrogens is 1. The summed E-state index contributed by atoms with van der Waals surface area (Å²) in [5.74, 6) is 0.0711. The second kappa shape index (κ2) is 20.8. The first-order chi connectivity index (χ1) is 24.5. The number of rotatable bonds is 18. The van der Waals surface area contributed by atoms with E-state index in [1.807, 2.05) is 36.4 Å². The Labute approximate surface area is 300 Å². The fourth-order valence-corrected chi connectivity index (χ4v) is 7.46. The maximum atomic E-state index is 14.2. The number of carbonyl (C=O) groups is 3. The van der Waals surface area contributed by atoms with E-state index in [0.717, 1.165) is 74.2 Å². The number of ether oxygens (including phenoxy) is 2. The van der Waals surface area contributed by atoms with Gasteiger partial charge in [0.05, 0.1) is 29.6 Å². The summed E-state index contributed by atoms with van der Waals surface area (Å²) in [6.07, 6.45) is 10.3. The van der Waals surface area contributed by atoms with Crippen molar-refractivity contribution in [3.8, 4) is 0 Å². The number of benzene rings is 2. The van der Waals surface area contributed by atoms with Gasteiger partial charge < -0.3 is 25.4 Å². The Balaban J connectivity index is 1.26. The smallest absolute Gasteiger partial charge is 0.407 e. The highest BCUT2D eigenvalue weighted by atomic mass is 32.1. The molecule has 1 aromatic heterocycles. The van der Waals surface area contributed by atoms with E-state index in [9.17, 15) is 14.4 Å². The van der Waals surface area contributed by atoms with Gasteiger partial charge in [-0.15, -0.1) is 11.3 Å². The molecule has 2 fully saturated rings. The number of nitrogens with zero attached hydrogens (tertiary/aromatic N) is 2. The van der Waals surface area contributed by atoms with E-state index >= 15 is 0 Å². The topological polar surface area (TPSA) is 122 Å². The van der Waals surface area contributed by atoms with E-state index in [4.69, 9.17) is 9.47 Å². The van der Waals surface area contributed by atoms with Crippen molar-refractivity contribution in [1.82, 2.24) is 25.8 Å². The van der Waals surface area contributed by atoms with Crippen LogP contribution in [0.3, 0.4) is 0 Å². The first-order valence-corrected chi connectivity index (χ1v) is 19.2. The Hall–Kier alpha value is -3.80. The molecule has 1 aliphatic heterocycles. The van der Waals surface area contributed by atoms with Crippen LogP contribution in [0.4, 0.5) is 9.59 Å². The van der Waals surface area contributed by atoms with E-state index < -0.39 is 12.1 Å². The van der Waals surface area contributed by atoms with Crippen LogP contribution in [0.25, 0.3) is 0 Å². The first-order valence-electron chi connectivity index (χ1n) is 18.3. The predicted molar refractivity (Wildman–Crippen MR) is 196 cm³/mol. The summed E-state index contributed by atoms with van der Waals surface area (Å²) in [7, 11) is 0. The van der Waals surface area contributed by atoms with E-state index in [1.165, 1.54) is 17.8 Å². The summed E-state index contributed by atoms with van der Waals surface area (Å²) < 4.78 is 11.1. The zero-order valence-corrected chi connectivity index (χ0v) is 29.9. The molecule has 11 heteroatoms. The number of nitrogens with one attached hydrogen (secondary N) is 3. The van der Waals surface area contributed by atoms with Crippen LogP contribution in [0.2, 0.25) is 0 Å². The molecule has 50 heavy (non-hydrogen) atoms. The van der Waals surface area contributed by atoms with Crippen molar-refractivity contribution in [2.75, 3.05) is 32.8 Å². The third-order valence-corrected chi connectivity index (χ3v) is 10.5. The summed E-state index contributed by atoms with van der Waals surface area (Å²) in [6.45, 7) is 3.92. The zero-order valence-electron chi connectivity index (χ0n) is 29.1. The van der Waals surface area contributed by atoms with Crippen molar-refractivity contribution >= 4 is 29.2 Å². The maximum absolute atomic E-state index is 14.2. The predicted octanol–water partition coefficient (Wildman–Crippen LogP) is 6.30. The minimum absolute atomic E-state index is 0.0206. The zero-order chi connectivity index (χ0) is 34.8. The number of Topliss-reactive ketones (excluding diaryl/α,β-unsaturated/α-hetero) is 1. The molecule has 2 aromatic carbocycles. The van der Waals surface area contributed by atoms with Crippen LogP contribution in [-0.2, 0) is 33.7 Å². The Morgan fingerprint density at radius 1 is 0.880 bits per heavy atom. The lowest BCUT2D eigenvalue weighted by molar-refractivity contribution is -0.122. The van der Waals surface area contributed by atoms with Crippen molar-refractivity contribution in [2.45, 2.75) is 95.4 Å². The van der Waals surface area contributed by atoms with Gasteiger partial charge in [0.15, 0.2) is 5.78 Å². The number of carbonyl (C=O) groups excluding carboxylic acids is 3. The lowest BCUT2D eigenvalue weighted by Crippen LogP contribution is -2.51. The van der Waals surface area contributed by atoms with Crippen LogP contribution >= 0.6 is 11.3 Å². The molecule has 270 valence electrons. The van der Waals surface area contributed by atoms with E-state index in [1.54, 1.807) is 11.7 Å². The van der Waals surface area contributed by atoms with Gasteiger partial charge in [0, 0.05) is 44.3 Å². The molecule has 3 amide bonds. The minimum atomic E-state index is -0.584. The summed E-state index contributed by atoms with van der Waals surface area (Å²) in [5, 5.41) is 9.33. The Morgan fingerprint density at radius 2 is 1.58 bits per heavy atom. The Bertz CT molecular complexity index is 1420. The highest BCUT2D eigenvalue weighted by Gasteiger charge is 2.27. The number of ketones is 1. The Morgan fingerprint density at radius 3 is 2.26 bits per heavy atom. The van der Waals surface area contributed by atoms with Gasteiger partial charge in [0.25, 0.3) is 0 Å². The van der Waals surface area contributed by atoms with Crippen LogP contribution in [0.1, 0.15) is 73.8 Å². The summed E-state index contributed by atoms with van der Waals surface area (Å²) in [6, 6.07) is 19.5. The van der Waals surface area contributed by atoms with Crippen LogP contribution in [0.5, 0.6) is 0 Å². The lowest BCUT2D eigenvalue weighted by Gasteiger charge is -2.29. The lowest BCUT2D eigenvalue weighted by atomic mass is 9.86. The molecular formula is C39H53N5O5S. The van der Waals surface area contributed by atoms with Crippen molar-refractivity contribution < 1.29 is 23.9 Å². The van der Waals surface area contributed by atoms with Crippen LogP contribution < -0.4 is 16.0 Å². The number of morpholine rings is 1. The van der Waals surface area contributed by atoms with Gasteiger partial charge in [-0.2, -0.15) is 0 Å². The van der Waals surface area contributed by atoms with Gasteiger partial charge >= 0.3 is 12.1 Å². The molecule has 0 bridgehead atoms. The van der Waals surface area contributed by atoms with Gasteiger partial charge in [0.2, 0.25) is 0 Å². The average Bonchev–Trinajstić information content (AvgIpc) is 3.67. The molecule has 1 saturated heterocycles. The molecule has 1 aliphatic carbocycles. The third-order valence-electron chi connectivity index (χ3n) is 9.73. The van der Waals surface area contributed by atoms with Crippen LogP contribution in [0, 0.1) is 5.92 Å². The number of hydrogen-bond acceptors (Lipinski definition) is 8. The van der Waals surface area contributed by atoms with Crippen LogP contribution in [-0.4, -0.2) is 78.8 Å². The summed E-state index contributed by atoms with van der Waals surface area (Å²) >= 11 is 1.45. The summed E-state index contributed by atoms with van der Waals surface area (Å²) in [5.41, 5.74) is 4.00. The molecule has 1 saturated carbocycles. The van der Waals surface area contributed by atoms with Crippen molar-refractivity contribution in [3.05, 3.63) is 88.4 Å². The minimum Gasteiger partial charge on any atom is -0.444 e. The number of amides is 3. The molecule has 2 aliphatic rings. The molecule has 3 atom stereocenters. The summed E-state index contributed by atoms with van der Waals surface area (Å²) in [4.78, 5) is 47.6. The average molecular weight is 704 g/mol. The van der Waals surface area contributed by atoms with Crippen molar-refractivity contribution in [3.63, 3.8) is 0 Å². The highest BCUT2D eigenvalue weighted by Crippen LogP contribution is 2.23. The second-order valence-electron chi connectivity index (χ2n) is 13.6. The standard InChI is InChI=1S/C39H53N5O5S/c45-37(36(18-19-44-20-22-48-23-21-44)43-38(46)41-33-14-8-3-9-15-33)26-32(24-30-10-4-1-5-11-30)16-17-34(25-31-12-6-2-7-13-31)42-39(47)49-28-35-27-40-29-50-35/h1-2,4-7,10-13,27,29,32-34,36H,3,8-9,14-26,28H2,(H,42,47)(H2,41,43,46)/t32-,34-,36+/m1/s1. The molecule has 5 rings (SSSR count). The fraction of sp³-hybridized carbons (Fsp3) is 0.538. The largest absolute Gasteiger partial charge is 0.444 e. The number of hydrogen-bond donors (Lipinski definition) is 3. The normalized spacial score (nSPS) is 17.3. The van der Waals surface area contributed by atoms with Gasteiger partial charge in [-0.3, -0.25) is 14.7 Å². The monoisotopic (exact) mass is 703 g/mol. The van der Waals surface area contributed by atoms with Gasteiger partial charge in [0.1, 0.15) is 6.61 Å². The molecule has 10 nitrogen and oxygen atoms in total. The molecule has 0 radical (unpaired) electrons. The fourth-order valence-electron chi connectivity index (χ4n) is 6.95. The second-order valence-corrected chi connectivity index (χ2v) is 14.6. The molecule has 0 spiro atoms. The van der Waals surface area contributed by atoms with E-state index in [0.29, 0.717) is 38.9 Å². The quantitative estimate of drug-likeness (QED) is 0.142. The number of alkyl carbamates (subject to hydrolysis) is 1. The van der Waals surface area contributed by atoms with E-state index in [2.05, 4.69) is 50.1 Å². The molecular weight excluding hydrogens is 651 g/mol. The molecule has 3 N–H and O–H groups in total. The molecule has 0 unspecified atom stereocenters. The molecule has 3 aromatic rings. The Kier molecular flexibility index (Phi) is 15.6. The highest BCUT2D eigenvalue weighted by molar-refractivity contribution is 7.09. The number of urea groups is 1. The number of thiazole rings is 1. The maximum Gasteiger partial charge on any atom is 0.407 e. The van der Waals surface area contributed by atoms with E-state index in [-0.39, 0.29) is 36.4 Å². The first kappa shape index (κ1) is 37.5. The van der Waals surface area contributed by atoms with Crippen LogP contribution in [0.15, 0.2) is 72.4 Å². The molecule has 2 heterocycles. The van der Waals surface area contributed by atoms with Gasteiger partial charge in [-0.1, -0.05) is 79.9 Å². The van der Waals surface area contributed by atoms with Gasteiger partial charge in [-0.05, 0) is 62.0 Å². The van der Waals surface area contributed by atoms with Crippen molar-refractivity contribution in [1.29, 1.82) is 0 Å². The third kappa shape index (κ3) is 13.5. The van der Waals surface area contributed by atoms with Gasteiger partial charge in [-0.25, -0.2) is 9.59 Å². The SMILES string of the molecule is O=C(NC1CCCCC1)N[C@@H](CCN1CCOCC1)C(=O)C[C@H](CC[C@H](Cc1ccccc1)NC(=O)OCc1cncs1)Cc1ccccc1.